The van der Waals surface area contributed by atoms with E-state index in [0.717, 1.165) is 0 Å². The van der Waals surface area contributed by atoms with Crippen molar-refractivity contribution in [3.63, 3.8) is 0 Å². The third-order valence-electron chi connectivity index (χ3n) is 5.17. The molecule has 174 valence electrons. The van der Waals surface area contributed by atoms with E-state index in [1.807, 2.05) is 6.92 Å². The van der Waals surface area contributed by atoms with E-state index in [2.05, 4.69) is 20.4 Å². The molecule has 12 nitrogen and oxygen atoms in total. The Kier molecular flexibility index (Phi) is 7.56. The predicted molar refractivity (Wildman–Crippen MR) is 117 cm³/mol. The van der Waals surface area contributed by atoms with Gasteiger partial charge in [-0.3, -0.25) is 14.8 Å². The summed E-state index contributed by atoms with van der Waals surface area (Å²) in [5.41, 5.74) is 0.111. The molecule has 1 aliphatic heterocycles. The standard InChI is InChI=1S/C18H23Cl2N7O5/c1-10(22-15-13(19)8-21-17(20)23-15)5-7-32-16-14(27(30)31)11(2)26(24-16)12-4-3-6-25(9-12)18(28)29/h8,10,12H,3-7,9H2,1-2H3,(H,28,29)(H,21,22,23)/t10-,12?/m1/s1. The van der Waals surface area contributed by atoms with Crippen molar-refractivity contribution in [2.24, 2.45) is 0 Å². The van der Waals surface area contributed by atoms with Gasteiger partial charge in [0.05, 0.1) is 23.8 Å². The van der Waals surface area contributed by atoms with Crippen LogP contribution in [0.2, 0.25) is 10.3 Å². The van der Waals surface area contributed by atoms with E-state index in [0.29, 0.717) is 42.3 Å². The topological polar surface area (TPSA) is 149 Å². The van der Waals surface area contributed by atoms with E-state index in [-0.39, 0.29) is 42.1 Å². The summed E-state index contributed by atoms with van der Waals surface area (Å²) < 4.78 is 7.16. The molecule has 0 bridgehead atoms. The Labute approximate surface area is 193 Å². The minimum Gasteiger partial charge on any atom is -0.472 e. The summed E-state index contributed by atoms with van der Waals surface area (Å²) in [7, 11) is 0. The fourth-order valence-electron chi connectivity index (χ4n) is 3.56. The van der Waals surface area contributed by atoms with Crippen molar-refractivity contribution in [3.8, 4) is 5.88 Å². The second-order valence-electron chi connectivity index (χ2n) is 7.48. The van der Waals surface area contributed by atoms with E-state index in [1.165, 1.54) is 15.8 Å². The smallest absolute Gasteiger partial charge is 0.407 e. The molecule has 0 aliphatic carbocycles. The number of nitrogens with zero attached hydrogens (tertiary/aromatic N) is 6. The normalized spacial score (nSPS) is 17.1. The van der Waals surface area contributed by atoms with Gasteiger partial charge in [-0.2, -0.15) is 4.98 Å². The lowest BCUT2D eigenvalue weighted by atomic mass is 10.1. The molecule has 1 unspecified atom stereocenters. The highest BCUT2D eigenvalue weighted by molar-refractivity contribution is 6.33. The zero-order valence-corrected chi connectivity index (χ0v) is 19.0. The Morgan fingerprint density at radius 2 is 2.25 bits per heavy atom. The first-order valence-electron chi connectivity index (χ1n) is 9.96. The zero-order valence-electron chi connectivity index (χ0n) is 17.5. The van der Waals surface area contributed by atoms with E-state index in [1.54, 1.807) is 6.92 Å². The van der Waals surface area contributed by atoms with Gasteiger partial charge >= 0.3 is 17.7 Å². The van der Waals surface area contributed by atoms with Gasteiger partial charge in [0.2, 0.25) is 5.28 Å². The van der Waals surface area contributed by atoms with Crippen LogP contribution < -0.4 is 10.1 Å². The lowest BCUT2D eigenvalue weighted by Gasteiger charge is -2.31. The number of halogens is 2. The average molecular weight is 488 g/mol. The number of ether oxygens (including phenoxy) is 1. The largest absolute Gasteiger partial charge is 0.472 e. The van der Waals surface area contributed by atoms with Gasteiger partial charge in [0.1, 0.15) is 16.5 Å². The van der Waals surface area contributed by atoms with Crippen LogP contribution in [0.25, 0.3) is 0 Å². The van der Waals surface area contributed by atoms with Crippen molar-refractivity contribution in [1.29, 1.82) is 0 Å². The van der Waals surface area contributed by atoms with Crippen molar-refractivity contribution < 1.29 is 19.6 Å². The van der Waals surface area contributed by atoms with Crippen LogP contribution in [-0.2, 0) is 0 Å². The van der Waals surface area contributed by atoms with Crippen LogP contribution in [0.4, 0.5) is 16.3 Å². The number of hydrogen-bond donors (Lipinski definition) is 2. The van der Waals surface area contributed by atoms with Crippen molar-refractivity contribution in [1.82, 2.24) is 24.6 Å². The molecule has 1 amide bonds. The molecular weight excluding hydrogens is 465 g/mol. The highest BCUT2D eigenvalue weighted by atomic mass is 35.5. The van der Waals surface area contributed by atoms with Gasteiger partial charge in [0.15, 0.2) is 0 Å². The Balaban J connectivity index is 1.67. The first-order valence-corrected chi connectivity index (χ1v) is 10.7. The highest BCUT2D eigenvalue weighted by Crippen LogP contribution is 2.34. The van der Waals surface area contributed by atoms with Gasteiger partial charge in [-0.1, -0.05) is 11.6 Å². The summed E-state index contributed by atoms with van der Waals surface area (Å²) in [6, 6.07) is -0.427. The van der Waals surface area contributed by atoms with Crippen LogP contribution in [0.1, 0.15) is 37.9 Å². The van der Waals surface area contributed by atoms with Crippen LogP contribution in [0, 0.1) is 17.0 Å². The quantitative estimate of drug-likeness (QED) is 0.322. The first-order chi connectivity index (χ1) is 15.2. The summed E-state index contributed by atoms with van der Waals surface area (Å²) >= 11 is 11.8. The molecule has 3 rings (SSSR count). The zero-order chi connectivity index (χ0) is 23.4. The second-order valence-corrected chi connectivity index (χ2v) is 8.23. The summed E-state index contributed by atoms with van der Waals surface area (Å²) in [5.74, 6) is 0.292. The Morgan fingerprint density at radius 3 is 2.94 bits per heavy atom. The monoisotopic (exact) mass is 487 g/mol. The lowest BCUT2D eigenvalue weighted by molar-refractivity contribution is -0.386. The fraction of sp³-hybridized carbons (Fsp3) is 0.556. The van der Waals surface area contributed by atoms with Crippen LogP contribution in [0.15, 0.2) is 6.20 Å². The van der Waals surface area contributed by atoms with Gasteiger partial charge < -0.3 is 20.1 Å². The van der Waals surface area contributed by atoms with Gasteiger partial charge in [-0.25, -0.2) is 9.78 Å². The molecule has 0 saturated carbocycles. The van der Waals surface area contributed by atoms with E-state index in [4.69, 9.17) is 27.9 Å². The van der Waals surface area contributed by atoms with Crippen LogP contribution >= 0.6 is 23.2 Å². The first kappa shape index (κ1) is 23.8. The van der Waals surface area contributed by atoms with Gasteiger partial charge in [0, 0.05) is 25.6 Å². The number of amides is 1. The number of nitro groups is 1. The molecule has 3 heterocycles. The van der Waals surface area contributed by atoms with Crippen molar-refractivity contribution in [3.05, 3.63) is 32.3 Å². The molecule has 14 heteroatoms. The minimum atomic E-state index is -1.02. The van der Waals surface area contributed by atoms with Gasteiger partial charge in [-0.05, 0) is 38.3 Å². The Morgan fingerprint density at radius 1 is 1.50 bits per heavy atom. The molecule has 2 aromatic heterocycles. The van der Waals surface area contributed by atoms with Gasteiger partial charge in [-0.15, -0.1) is 5.10 Å². The second kappa shape index (κ2) is 10.2. The van der Waals surface area contributed by atoms with Crippen LogP contribution in [0.5, 0.6) is 5.88 Å². The molecule has 0 aromatic carbocycles. The summed E-state index contributed by atoms with van der Waals surface area (Å²) in [5, 5.41) is 28.7. The third-order valence-corrected chi connectivity index (χ3v) is 5.63. The third kappa shape index (κ3) is 5.49. The number of rotatable bonds is 8. The predicted octanol–water partition coefficient (Wildman–Crippen LogP) is 3.78. The molecule has 32 heavy (non-hydrogen) atoms. The average Bonchev–Trinajstić information content (AvgIpc) is 3.07. The molecule has 1 fully saturated rings. The maximum atomic E-state index is 11.6. The maximum absolute atomic E-state index is 11.6. The molecule has 0 spiro atoms. The number of likely N-dealkylation sites (tertiary alicyclic amines) is 1. The molecule has 2 aromatic rings. The number of hydrogen-bond acceptors (Lipinski definition) is 8. The summed E-state index contributed by atoms with van der Waals surface area (Å²) in [6.45, 7) is 4.26. The van der Waals surface area contributed by atoms with Crippen molar-refractivity contribution in [2.45, 2.75) is 45.2 Å². The molecule has 2 atom stereocenters. The number of nitrogens with one attached hydrogen (secondary N) is 1. The number of piperidine rings is 1. The molecule has 0 radical (unpaired) electrons. The van der Waals surface area contributed by atoms with Crippen LogP contribution in [0.3, 0.4) is 0 Å². The SMILES string of the molecule is Cc1c([N+](=O)[O-])c(OCC[C@@H](C)Nc2nc(Cl)ncc2Cl)nn1C1CCCN(C(=O)O)C1. The number of carbonyl (C=O) groups is 1. The number of anilines is 1. The van der Waals surface area contributed by atoms with E-state index in [9.17, 15) is 20.0 Å². The Bertz CT molecular complexity index is 1000. The highest BCUT2D eigenvalue weighted by Gasteiger charge is 2.32. The number of aromatic nitrogens is 4. The van der Waals surface area contributed by atoms with Crippen molar-refractivity contribution in [2.75, 3.05) is 25.0 Å². The van der Waals surface area contributed by atoms with Gasteiger partial charge in [0.25, 0.3) is 0 Å². The fourth-order valence-corrected chi connectivity index (χ4v) is 3.84. The van der Waals surface area contributed by atoms with Crippen molar-refractivity contribution >= 4 is 40.8 Å². The molecular formula is C18H23Cl2N7O5. The maximum Gasteiger partial charge on any atom is 0.407 e. The van der Waals surface area contributed by atoms with Crippen LogP contribution in [-0.4, -0.2) is 66.5 Å². The van der Waals surface area contributed by atoms with E-state index < -0.39 is 11.0 Å². The molecule has 1 aliphatic rings. The molecule has 1 saturated heterocycles. The lowest BCUT2D eigenvalue weighted by Crippen LogP contribution is -2.40. The summed E-state index contributed by atoms with van der Waals surface area (Å²) in [6.07, 6.45) is 2.16. The number of carboxylic acid groups (broad SMARTS) is 1. The summed E-state index contributed by atoms with van der Waals surface area (Å²) in [4.78, 5) is 31.5. The minimum absolute atomic E-state index is 0.0566. The molecule has 2 N–H and O–H groups in total. The van der Waals surface area contributed by atoms with E-state index >= 15 is 0 Å². The Hall–Kier alpha value is -2.86.